The summed E-state index contributed by atoms with van der Waals surface area (Å²) in [5.74, 6) is -0.226. The van der Waals surface area contributed by atoms with Crippen LogP contribution < -0.4 is 5.32 Å². The van der Waals surface area contributed by atoms with Crippen LogP contribution in [0.4, 0.5) is 0 Å². The van der Waals surface area contributed by atoms with E-state index in [4.69, 9.17) is 0 Å². The highest BCUT2D eigenvalue weighted by molar-refractivity contribution is 7.89. The maximum Gasteiger partial charge on any atom is 0.243 e. The summed E-state index contributed by atoms with van der Waals surface area (Å²) < 4.78 is 27.8. The SMILES string of the molecule is CC[C@@H](C)NC(=O)CN(C1CCCCC1)S(=O)(=O)c1ccc(C)cc1. The van der Waals surface area contributed by atoms with Crippen LogP contribution in [0.25, 0.3) is 0 Å². The van der Waals surface area contributed by atoms with E-state index < -0.39 is 10.0 Å². The van der Waals surface area contributed by atoms with Gasteiger partial charge < -0.3 is 5.32 Å². The van der Waals surface area contributed by atoms with E-state index in [1.165, 1.54) is 4.31 Å². The van der Waals surface area contributed by atoms with Crippen molar-refractivity contribution in [1.29, 1.82) is 0 Å². The zero-order chi connectivity index (χ0) is 18.4. The van der Waals surface area contributed by atoms with Crippen LogP contribution in [0.2, 0.25) is 0 Å². The Balaban J connectivity index is 2.26. The van der Waals surface area contributed by atoms with Gasteiger partial charge in [-0.3, -0.25) is 4.79 Å². The number of rotatable bonds is 7. The van der Waals surface area contributed by atoms with Crippen LogP contribution in [-0.4, -0.2) is 37.3 Å². The first-order valence-corrected chi connectivity index (χ1v) is 10.7. The molecule has 0 aromatic heterocycles. The monoisotopic (exact) mass is 366 g/mol. The van der Waals surface area contributed by atoms with Gasteiger partial charge in [0.05, 0.1) is 11.4 Å². The van der Waals surface area contributed by atoms with Gasteiger partial charge in [-0.25, -0.2) is 8.42 Å². The molecule has 1 aliphatic carbocycles. The molecule has 1 fully saturated rings. The Morgan fingerprint density at radius 3 is 2.36 bits per heavy atom. The molecule has 0 radical (unpaired) electrons. The molecule has 6 heteroatoms. The highest BCUT2D eigenvalue weighted by Crippen LogP contribution is 2.27. The van der Waals surface area contributed by atoms with E-state index in [-0.39, 0.29) is 29.4 Å². The molecule has 25 heavy (non-hydrogen) atoms. The van der Waals surface area contributed by atoms with Crippen molar-refractivity contribution in [2.24, 2.45) is 0 Å². The minimum atomic E-state index is -3.68. The van der Waals surface area contributed by atoms with E-state index in [1.807, 2.05) is 20.8 Å². The van der Waals surface area contributed by atoms with Crippen molar-refractivity contribution in [1.82, 2.24) is 9.62 Å². The van der Waals surface area contributed by atoms with Crippen molar-refractivity contribution >= 4 is 15.9 Å². The summed E-state index contributed by atoms with van der Waals surface area (Å²) in [5, 5.41) is 2.89. The lowest BCUT2D eigenvalue weighted by molar-refractivity contribution is -0.122. The second kappa shape index (κ2) is 8.81. The van der Waals surface area contributed by atoms with Gasteiger partial charge in [-0.1, -0.05) is 43.9 Å². The average Bonchev–Trinajstić information content (AvgIpc) is 2.60. The summed E-state index contributed by atoms with van der Waals surface area (Å²) in [6.07, 6.45) is 5.62. The predicted octanol–water partition coefficient (Wildman–Crippen LogP) is 3.23. The lowest BCUT2D eigenvalue weighted by Gasteiger charge is -2.33. The van der Waals surface area contributed by atoms with Crippen LogP contribution in [0.1, 0.15) is 57.9 Å². The standard InChI is InChI=1S/C19H30N2O3S/c1-4-16(3)20-19(22)14-21(17-8-6-5-7-9-17)25(23,24)18-12-10-15(2)11-13-18/h10-13,16-17H,4-9,14H2,1-3H3,(H,20,22)/t16-/m1/s1. The fraction of sp³-hybridized carbons (Fsp3) is 0.632. The van der Waals surface area contributed by atoms with Gasteiger partial charge in [-0.2, -0.15) is 4.31 Å². The highest BCUT2D eigenvalue weighted by Gasteiger charge is 2.34. The van der Waals surface area contributed by atoms with E-state index in [0.29, 0.717) is 0 Å². The fourth-order valence-corrected chi connectivity index (χ4v) is 4.83. The molecule has 0 spiro atoms. The topological polar surface area (TPSA) is 66.5 Å². The third kappa shape index (κ3) is 5.28. The first-order valence-electron chi connectivity index (χ1n) is 9.22. The summed E-state index contributed by atoms with van der Waals surface area (Å²) in [4.78, 5) is 12.6. The molecule has 1 amide bonds. The summed E-state index contributed by atoms with van der Waals surface area (Å²) in [7, 11) is -3.68. The number of amides is 1. The maximum absolute atomic E-state index is 13.2. The highest BCUT2D eigenvalue weighted by atomic mass is 32.2. The Hall–Kier alpha value is -1.40. The van der Waals surface area contributed by atoms with Crippen LogP contribution in [0.5, 0.6) is 0 Å². The Bertz CT molecular complexity index is 664. The molecule has 1 aliphatic rings. The molecule has 2 rings (SSSR count). The van der Waals surface area contributed by atoms with E-state index >= 15 is 0 Å². The number of aryl methyl sites for hydroxylation is 1. The van der Waals surface area contributed by atoms with Gasteiger partial charge in [0.1, 0.15) is 0 Å². The van der Waals surface area contributed by atoms with Crippen LogP contribution >= 0.6 is 0 Å². The number of carbonyl (C=O) groups is 1. The van der Waals surface area contributed by atoms with E-state index in [0.717, 1.165) is 44.1 Å². The predicted molar refractivity (Wildman–Crippen MR) is 99.8 cm³/mol. The van der Waals surface area contributed by atoms with Crippen molar-refractivity contribution in [3.8, 4) is 0 Å². The second-order valence-corrected chi connectivity index (χ2v) is 8.92. The van der Waals surface area contributed by atoms with Crippen LogP contribution in [-0.2, 0) is 14.8 Å². The second-order valence-electron chi connectivity index (χ2n) is 7.03. The number of benzene rings is 1. The Morgan fingerprint density at radius 1 is 1.20 bits per heavy atom. The number of hydrogen-bond acceptors (Lipinski definition) is 3. The number of carbonyl (C=O) groups excluding carboxylic acids is 1. The normalized spacial score (nSPS) is 17.4. The largest absolute Gasteiger partial charge is 0.353 e. The van der Waals surface area contributed by atoms with Crippen molar-refractivity contribution < 1.29 is 13.2 Å². The van der Waals surface area contributed by atoms with Gasteiger partial charge in [0.25, 0.3) is 0 Å². The number of hydrogen-bond donors (Lipinski definition) is 1. The maximum atomic E-state index is 13.2. The first kappa shape index (κ1) is 19.9. The lowest BCUT2D eigenvalue weighted by atomic mass is 9.95. The molecule has 140 valence electrons. The fourth-order valence-electron chi connectivity index (χ4n) is 3.19. The molecule has 0 heterocycles. The number of nitrogens with zero attached hydrogens (tertiary/aromatic N) is 1. The molecule has 5 nitrogen and oxygen atoms in total. The summed E-state index contributed by atoms with van der Waals surface area (Å²) in [6.45, 7) is 5.74. The average molecular weight is 367 g/mol. The molecule has 1 N–H and O–H groups in total. The van der Waals surface area contributed by atoms with Crippen molar-refractivity contribution in [2.75, 3.05) is 6.54 Å². The Kier molecular flexibility index (Phi) is 7.02. The summed E-state index contributed by atoms with van der Waals surface area (Å²) >= 11 is 0. The molecule has 0 saturated heterocycles. The first-order chi connectivity index (χ1) is 11.8. The third-order valence-corrected chi connectivity index (χ3v) is 6.84. The zero-order valence-corrected chi connectivity index (χ0v) is 16.3. The molecular weight excluding hydrogens is 336 g/mol. The Labute approximate surface area is 151 Å². The lowest BCUT2D eigenvalue weighted by Crippen LogP contribution is -2.48. The quantitative estimate of drug-likeness (QED) is 0.806. The van der Waals surface area contributed by atoms with Crippen molar-refractivity contribution in [2.45, 2.75) is 76.3 Å². The third-order valence-electron chi connectivity index (χ3n) is 4.93. The van der Waals surface area contributed by atoms with Gasteiger partial charge >= 0.3 is 0 Å². The minimum absolute atomic E-state index is 0.0442. The van der Waals surface area contributed by atoms with E-state index in [1.54, 1.807) is 24.3 Å². The molecule has 1 atom stereocenters. The molecule has 0 aliphatic heterocycles. The van der Waals surface area contributed by atoms with E-state index in [9.17, 15) is 13.2 Å². The number of sulfonamides is 1. The zero-order valence-electron chi connectivity index (χ0n) is 15.5. The smallest absolute Gasteiger partial charge is 0.243 e. The summed E-state index contributed by atoms with van der Waals surface area (Å²) in [6, 6.07) is 6.81. The molecular formula is C19H30N2O3S. The van der Waals surface area contributed by atoms with Crippen LogP contribution in [0.15, 0.2) is 29.2 Å². The van der Waals surface area contributed by atoms with E-state index in [2.05, 4.69) is 5.32 Å². The van der Waals surface area contributed by atoms with Gasteiger partial charge in [-0.15, -0.1) is 0 Å². The minimum Gasteiger partial charge on any atom is -0.353 e. The van der Waals surface area contributed by atoms with Gasteiger partial charge in [0.15, 0.2) is 0 Å². The molecule has 0 bridgehead atoms. The van der Waals surface area contributed by atoms with Gasteiger partial charge in [0.2, 0.25) is 15.9 Å². The molecule has 0 unspecified atom stereocenters. The van der Waals surface area contributed by atoms with Crippen molar-refractivity contribution in [3.05, 3.63) is 29.8 Å². The molecule has 1 aromatic rings. The number of nitrogens with one attached hydrogen (secondary N) is 1. The van der Waals surface area contributed by atoms with Crippen molar-refractivity contribution in [3.63, 3.8) is 0 Å². The molecule has 1 saturated carbocycles. The van der Waals surface area contributed by atoms with Gasteiger partial charge in [0, 0.05) is 12.1 Å². The molecule has 1 aromatic carbocycles. The summed E-state index contributed by atoms with van der Waals surface area (Å²) in [5.41, 5.74) is 1.01. The van der Waals surface area contributed by atoms with Crippen LogP contribution in [0, 0.1) is 6.92 Å². The Morgan fingerprint density at radius 2 is 1.80 bits per heavy atom. The van der Waals surface area contributed by atoms with Gasteiger partial charge in [-0.05, 0) is 45.2 Å². The van der Waals surface area contributed by atoms with Crippen LogP contribution in [0.3, 0.4) is 0 Å².